The number of halogens is 3. The molecule has 0 aromatic heterocycles. The second-order valence-electron chi connectivity index (χ2n) is 2.98. The number of hydrogen-bond donors (Lipinski definition) is 0. The van der Waals surface area contributed by atoms with Crippen LogP contribution in [0.1, 0.15) is 15.9 Å². The van der Waals surface area contributed by atoms with Crippen LogP contribution in [-0.2, 0) is 6.42 Å². The van der Waals surface area contributed by atoms with Crippen LogP contribution in [0.25, 0.3) is 0 Å². The summed E-state index contributed by atoms with van der Waals surface area (Å²) >= 11 is 0. The minimum atomic E-state index is -1.72. The quantitative estimate of drug-likeness (QED) is 0.451. The molecule has 1 aromatic rings. The fourth-order valence-electron chi connectivity index (χ4n) is 1.38. The van der Waals surface area contributed by atoms with E-state index in [9.17, 15) is 18.0 Å². The van der Waals surface area contributed by atoms with Gasteiger partial charge < -0.3 is 4.74 Å². The lowest BCUT2D eigenvalue weighted by Gasteiger charge is -2.12. The predicted octanol–water partition coefficient (Wildman–Crippen LogP) is 2.65. The van der Waals surface area contributed by atoms with E-state index < -0.39 is 28.8 Å². The van der Waals surface area contributed by atoms with Crippen LogP contribution in [0.2, 0.25) is 0 Å². The van der Waals surface area contributed by atoms with Crippen LogP contribution in [0.4, 0.5) is 13.2 Å². The Bertz CT molecular complexity index is 442. The lowest BCUT2D eigenvalue weighted by molar-refractivity contribution is 0.111. The summed E-state index contributed by atoms with van der Waals surface area (Å²) in [6.07, 6.45) is 1.46. The second kappa shape index (κ2) is 4.83. The van der Waals surface area contributed by atoms with Crippen LogP contribution in [-0.4, -0.2) is 13.4 Å². The molecule has 0 saturated heterocycles. The van der Waals surface area contributed by atoms with Crippen molar-refractivity contribution in [3.8, 4) is 5.75 Å². The van der Waals surface area contributed by atoms with Crippen LogP contribution >= 0.6 is 0 Å². The molecule has 16 heavy (non-hydrogen) atoms. The molecule has 0 radical (unpaired) electrons. The summed E-state index contributed by atoms with van der Waals surface area (Å²) in [7, 11) is 1.11. The predicted molar refractivity (Wildman–Crippen MR) is 52.2 cm³/mol. The van der Waals surface area contributed by atoms with Crippen molar-refractivity contribution in [2.75, 3.05) is 7.11 Å². The van der Waals surface area contributed by atoms with Gasteiger partial charge in [-0.2, -0.15) is 4.39 Å². The van der Waals surface area contributed by atoms with Gasteiger partial charge in [-0.25, -0.2) is 8.78 Å². The first-order valence-corrected chi connectivity index (χ1v) is 4.37. The van der Waals surface area contributed by atoms with Crippen LogP contribution in [0, 0.1) is 17.5 Å². The van der Waals surface area contributed by atoms with E-state index >= 15 is 0 Å². The zero-order chi connectivity index (χ0) is 12.3. The lowest BCUT2D eigenvalue weighted by Crippen LogP contribution is -2.07. The Morgan fingerprint density at radius 1 is 1.25 bits per heavy atom. The van der Waals surface area contributed by atoms with Gasteiger partial charge in [0.2, 0.25) is 5.82 Å². The van der Waals surface area contributed by atoms with Crippen molar-refractivity contribution < 1.29 is 22.7 Å². The SMILES string of the molecule is C=CCc1c(C=O)c(F)c(F)c(F)c1OC. The third kappa shape index (κ3) is 1.80. The highest BCUT2D eigenvalue weighted by molar-refractivity contribution is 5.79. The number of allylic oxidation sites excluding steroid dienone is 1. The van der Waals surface area contributed by atoms with Crippen molar-refractivity contribution in [2.24, 2.45) is 0 Å². The number of hydrogen-bond acceptors (Lipinski definition) is 2. The highest BCUT2D eigenvalue weighted by Gasteiger charge is 2.24. The number of benzene rings is 1. The minimum Gasteiger partial charge on any atom is -0.493 e. The van der Waals surface area contributed by atoms with Gasteiger partial charge in [0.1, 0.15) is 0 Å². The maximum atomic E-state index is 13.3. The number of aldehydes is 1. The Labute approximate surface area is 90.3 Å². The zero-order valence-corrected chi connectivity index (χ0v) is 8.52. The third-order valence-corrected chi connectivity index (χ3v) is 2.09. The standard InChI is InChI=1S/C11H9F3O2/c1-3-4-6-7(5-15)8(12)9(13)10(14)11(6)16-2/h3,5H,1,4H2,2H3. The normalized spacial score (nSPS) is 10.0. The highest BCUT2D eigenvalue weighted by Crippen LogP contribution is 2.30. The van der Waals surface area contributed by atoms with Gasteiger partial charge in [-0.15, -0.1) is 6.58 Å². The van der Waals surface area contributed by atoms with E-state index in [0.717, 1.165) is 7.11 Å². The summed E-state index contributed by atoms with van der Waals surface area (Å²) in [6, 6.07) is 0. The Morgan fingerprint density at radius 3 is 2.31 bits per heavy atom. The molecule has 0 bridgehead atoms. The highest BCUT2D eigenvalue weighted by atomic mass is 19.2. The smallest absolute Gasteiger partial charge is 0.204 e. The molecule has 5 heteroatoms. The van der Waals surface area contributed by atoms with E-state index in [1.807, 2.05) is 0 Å². The first-order valence-electron chi connectivity index (χ1n) is 4.37. The fraction of sp³-hybridized carbons (Fsp3) is 0.182. The van der Waals surface area contributed by atoms with Crippen molar-refractivity contribution in [1.82, 2.24) is 0 Å². The summed E-state index contributed by atoms with van der Waals surface area (Å²) in [5.41, 5.74) is -0.598. The van der Waals surface area contributed by atoms with Gasteiger partial charge in [0.25, 0.3) is 0 Å². The Morgan fingerprint density at radius 2 is 1.88 bits per heavy atom. The number of methoxy groups -OCH3 is 1. The average molecular weight is 230 g/mol. The van der Waals surface area contributed by atoms with E-state index in [2.05, 4.69) is 11.3 Å². The molecule has 0 N–H and O–H groups in total. The average Bonchev–Trinajstić information content (AvgIpc) is 2.28. The molecule has 0 amide bonds. The molecular weight excluding hydrogens is 221 g/mol. The first kappa shape index (κ1) is 12.3. The molecule has 1 aromatic carbocycles. The van der Waals surface area contributed by atoms with E-state index in [4.69, 9.17) is 0 Å². The summed E-state index contributed by atoms with van der Waals surface area (Å²) in [5, 5.41) is 0. The van der Waals surface area contributed by atoms with Crippen LogP contribution < -0.4 is 4.74 Å². The van der Waals surface area contributed by atoms with E-state index in [0.29, 0.717) is 0 Å². The zero-order valence-electron chi connectivity index (χ0n) is 8.52. The molecule has 1 rings (SSSR count). The Hall–Kier alpha value is -1.78. The monoisotopic (exact) mass is 230 g/mol. The van der Waals surface area contributed by atoms with Gasteiger partial charge in [-0.1, -0.05) is 6.08 Å². The maximum Gasteiger partial charge on any atom is 0.204 e. The summed E-state index contributed by atoms with van der Waals surface area (Å²) < 4.78 is 44.1. The molecular formula is C11H9F3O2. The Kier molecular flexibility index (Phi) is 3.71. The molecule has 0 aliphatic heterocycles. The van der Waals surface area contributed by atoms with Crippen LogP contribution in [0.3, 0.4) is 0 Å². The molecule has 0 aliphatic rings. The minimum absolute atomic E-state index is 0.00532. The van der Waals surface area contributed by atoms with Gasteiger partial charge in [-0.05, 0) is 6.42 Å². The molecule has 2 nitrogen and oxygen atoms in total. The summed E-state index contributed by atoms with van der Waals surface area (Å²) in [4.78, 5) is 10.6. The molecule has 0 heterocycles. The van der Waals surface area contributed by atoms with E-state index in [1.165, 1.54) is 6.08 Å². The summed E-state index contributed by atoms with van der Waals surface area (Å²) in [6.45, 7) is 3.38. The fourth-order valence-corrected chi connectivity index (χ4v) is 1.38. The molecule has 0 atom stereocenters. The maximum absolute atomic E-state index is 13.3. The van der Waals surface area contributed by atoms with Crippen molar-refractivity contribution in [3.05, 3.63) is 41.2 Å². The molecule has 0 saturated carbocycles. The lowest BCUT2D eigenvalue weighted by atomic mass is 10.0. The molecule has 86 valence electrons. The Balaban J connectivity index is 3.64. The van der Waals surface area contributed by atoms with Crippen LogP contribution in [0.5, 0.6) is 5.75 Å². The van der Waals surface area contributed by atoms with Crippen molar-refractivity contribution in [1.29, 1.82) is 0 Å². The molecule has 0 aliphatic carbocycles. The first-order chi connectivity index (χ1) is 7.58. The van der Waals surface area contributed by atoms with E-state index in [-0.39, 0.29) is 18.3 Å². The van der Waals surface area contributed by atoms with Crippen molar-refractivity contribution in [3.63, 3.8) is 0 Å². The number of carbonyl (C=O) groups is 1. The molecule has 0 fully saturated rings. The summed E-state index contributed by atoms with van der Waals surface area (Å²) in [5.74, 6) is -5.14. The van der Waals surface area contributed by atoms with Gasteiger partial charge in [-0.3, -0.25) is 4.79 Å². The molecule has 0 spiro atoms. The van der Waals surface area contributed by atoms with Gasteiger partial charge >= 0.3 is 0 Å². The van der Waals surface area contributed by atoms with Gasteiger partial charge in [0.15, 0.2) is 23.7 Å². The van der Waals surface area contributed by atoms with Crippen molar-refractivity contribution >= 4 is 6.29 Å². The topological polar surface area (TPSA) is 26.3 Å². The second-order valence-corrected chi connectivity index (χ2v) is 2.98. The van der Waals surface area contributed by atoms with Crippen molar-refractivity contribution in [2.45, 2.75) is 6.42 Å². The van der Waals surface area contributed by atoms with Gasteiger partial charge in [0.05, 0.1) is 12.7 Å². The number of carbonyl (C=O) groups excluding carboxylic acids is 1. The van der Waals surface area contributed by atoms with E-state index in [1.54, 1.807) is 0 Å². The van der Waals surface area contributed by atoms with Gasteiger partial charge in [0, 0.05) is 5.56 Å². The van der Waals surface area contributed by atoms with Crippen LogP contribution in [0.15, 0.2) is 12.7 Å². The number of rotatable bonds is 4. The largest absolute Gasteiger partial charge is 0.493 e. The third-order valence-electron chi connectivity index (χ3n) is 2.09. The number of ether oxygens (including phenoxy) is 1. The molecule has 0 unspecified atom stereocenters.